The zero-order chi connectivity index (χ0) is 25.3. The first-order chi connectivity index (χ1) is 16.7. The summed E-state index contributed by atoms with van der Waals surface area (Å²) in [5, 5.41) is 0. The molecule has 4 nitrogen and oxygen atoms in total. The maximum Gasteiger partial charge on any atom is 0.152 e. The molecule has 0 saturated carbocycles. The average molecular weight is 671 g/mol. The molecule has 0 aliphatic heterocycles. The Morgan fingerprint density at radius 2 is 1.06 bits per heavy atom. The number of benzene rings is 2. The van der Waals surface area contributed by atoms with Gasteiger partial charge in [-0.05, 0) is 50.2 Å². The maximum absolute atomic E-state index is 14.8. The topological polar surface area (TPSA) is 59.9 Å². The van der Waals surface area contributed by atoms with E-state index in [9.17, 15) is 27.2 Å². The summed E-state index contributed by atoms with van der Waals surface area (Å²) in [7, 11) is 0. The molecule has 2 aromatic heterocycles. The van der Waals surface area contributed by atoms with E-state index in [2.05, 4.69) is 9.97 Å². The number of carbonyl (C=O) groups is 2. The molecule has 4 rings (SSSR count). The van der Waals surface area contributed by atoms with Gasteiger partial charge >= 0.3 is 0 Å². The van der Waals surface area contributed by atoms with Crippen LogP contribution in [0.15, 0.2) is 73.1 Å². The van der Waals surface area contributed by atoms with Crippen molar-refractivity contribution >= 4 is 11.6 Å². The number of halogens is 4. The average Bonchev–Trinajstić information content (AvgIpc) is 2.80. The molecule has 0 saturated heterocycles. The Balaban J connectivity index is 0.00000361. The zero-order valence-corrected chi connectivity index (χ0v) is 21.4. The van der Waals surface area contributed by atoms with Crippen LogP contribution in [0.25, 0.3) is 22.5 Å². The summed E-state index contributed by atoms with van der Waals surface area (Å²) in [6.07, 6.45) is 2.69. The van der Waals surface area contributed by atoms with Crippen molar-refractivity contribution in [3.63, 3.8) is 0 Å². The molecule has 4 aromatic rings. The Labute approximate surface area is 217 Å². The molecule has 0 unspecified atom stereocenters. The third kappa shape index (κ3) is 4.52. The molecule has 9 heteroatoms. The van der Waals surface area contributed by atoms with Crippen LogP contribution in [0.1, 0.15) is 25.0 Å². The Kier molecular flexibility index (Phi) is 7.96. The molecule has 185 valence electrons. The van der Waals surface area contributed by atoms with Crippen molar-refractivity contribution in [2.75, 3.05) is 0 Å². The van der Waals surface area contributed by atoms with Crippen LogP contribution in [-0.4, -0.2) is 21.5 Å². The quantitative estimate of drug-likeness (QED) is 0.192. The Morgan fingerprint density at radius 1 is 0.667 bits per heavy atom. The number of Topliss-reactive ketones (excluding diaryl/α,β-unsaturated/α-hetero) is 2. The summed E-state index contributed by atoms with van der Waals surface area (Å²) in [5.74, 6) is -4.81. The molecule has 0 bridgehead atoms. The second-order valence-electron chi connectivity index (χ2n) is 7.91. The second-order valence-corrected chi connectivity index (χ2v) is 7.91. The zero-order valence-electron chi connectivity index (χ0n) is 19.0. The van der Waals surface area contributed by atoms with Crippen molar-refractivity contribution in [3.05, 3.63) is 107 Å². The van der Waals surface area contributed by atoms with Gasteiger partial charge in [0.05, 0.1) is 11.4 Å². The van der Waals surface area contributed by atoms with Crippen LogP contribution in [0.2, 0.25) is 0 Å². The van der Waals surface area contributed by atoms with Gasteiger partial charge in [-0.2, -0.15) is 0 Å². The van der Waals surface area contributed by atoms with E-state index in [-0.39, 0.29) is 53.7 Å². The van der Waals surface area contributed by atoms with E-state index in [0.717, 1.165) is 24.3 Å². The summed E-state index contributed by atoms with van der Waals surface area (Å²) < 4.78 is 56.8. The molecular weight excluding hydrogens is 653 g/mol. The van der Waals surface area contributed by atoms with Crippen molar-refractivity contribution in [1.29, 1.82) is 0 Å². The fraction of sp³-hybridized carbons (Fsp3) is 0.111. The van der Waals surface area contributed by atoms with Crippen LogP contribution >= 0.6 is 0 Å². The minimum absolute atomic E-state index is 0. The van der Waals surface area contributed by atoms with E-state index >= 15 is 0 Å². The van der Waals surface area contributed by atoms with Crippen LogP contribution in [0.4, 0.5) is 17.6 Å². The van der Waals surface area contributed by atoms with Gasteiger partial charge < -0.3 is 0 Å². The molecule has 0 aliphatic carbocycles. The van der Waals surface area contributed by atoms with Crippen molar-refractivity contribution in [1.82, 2.24) is 9.97 Å². The van der Waals surface area contributed by atoms with E-state index in [4.69, 9.17) is 0 Å². The molecule has 0 fully saturated rings. The van der Waals surface area contributed by atoms with Crippen molar-refractivity contribution in [3.8, 4) is 22.5 Å². The first-order valence-corrected chi connectivity index (χ1v) is 10.5. The predicted molar refractivity (Wildman–Crippen MR) is 121 cm³/mol. The van der Waals surface area contributed by atoms with Gasteiger partial charge in [0, 0.05) is 66.9 Å². The van der Waals surface area contributed by atoms with Crippen molar-refractivity contribution < 1.29 is 47.3 Å². The SMILES string of the molecule is CC(=O)C(C(C)=O)(c1cccnc1-c1ccc(F)cc1F)c1cccnc1-c1ccc(F)cc1F.[Ir]. The summed E-state index contributed by atoms with van der Waals surface area (Å²) in [6, 6.07) is 11.5. The Bertz CT molecular complexity index is 1370. The summed E-state index contributed by atoms with van der Waals surface area (Å²) in [5.41, 5.74) is -2.44. The van der Waals surface area contributed by atoms with Gasteiger partial charge in [-0.3, -0.25) is 19.6 Å². The smallest absolute Gasteiger partial charge is 0.152 e. The van der Waals surface area contributed by atoms with Gasteiger partial charge in [0.2, 0.25) is 0 Å². The molecule has 2 heterocycles. The molecule has 0 N–H and O–H groups in total. The summed E-state index contributed by atoms with van der Waals surface area (Å²) >= 11 is 0. The number of pyridine rings is 2. The maximum atomic E-state index is 14.8. The number of ketones is 2. The third-order valence-corrected chi connectivity index (χ3v) is 5.85. The van der Waals surface area contributed by atoms with Gasteiger partial charge in [-0.1, -0.05) is 12.1 Å². The first kappa shape index (κ1) is 27.0. The van der Waals surface area contributed by atoms with E-state index in [1.165, 1.54) is 50.5 Å². The second kappa shape index (κ2) is 10.6. The molecule has 0 amide bonds. The summed E-state index contributed by atoms with van der Waals surface area (Å²) in [4.78, 5) is 35.2. The number of rotatable bonds is 6. The van der Waals surface area contributed by atoms with Gasteiger partial charge in [0.1, 0.15) is 28.7 Å². The molecule has 2 aromatic carbocycles. The van der Waals surface area contributed by atoms with Crippen LogP contribution in [0.5, 0.6) is 0 Å². The number of nitrogens with zero attached hydrogens (tertiary/aromatic N) is 2. The minimum atomic E-state index is -2.07. The molecule has 36 heavy (non-hydrogen) atoms. The number of carbonyl (C=O) groups excluding carboxylic acids is 2. The number of aromatic nitrogens is 2. The van der Waals surface area contributed by atoms with Crippen molar-refractivity contribution in [2.24, 2.45) is 0 Å². The van der Waals surface area contributed by atoms with E-state index in [0.29, 0.717) is 12.1 Å². The van der Waals surface area contributed by atoms with Crippen LogP contribution < -0.4 is 0 Å². The fourth-order valence-corrected chi connectivity index (χ4v) is 4.36. The van der Waals surface area contributed by atoms with Gasteiger partial charge in [-0.25, -0.2) is 17.6 Å². The molecule has 0 spiro atoms. The standard InChI is InChI=1S/C27H18F4N2O2.Ir/c1-15(34)27(16(2)35,21-5-3-11-32-25(21)19-9-7-17(28)13-23(19)30)22-6-4-12-33-26(22)20-10-8-18(29)14-24(20)31;/h3-14H,1-2H3;. The van der Waals surface area contributed by atoms with Crippen molar-refractivity contribution in [2.45, 2.75) is 19.3 Å². The molecule has 0 atom stereocenters. The largest absolute Gasteiger partial charge is 0.298 e. The van der Waals surface area contributed by atoms with Crippen LogP contribution in [0.3, 0.4) is 0 Å². The fourth-order valence-electron chi connectivity index (χ4n) is 4.36. The molecular formula is C27H18F4IrN2O2. The van der Waals surface area contributed by atoms with E-state index in [1.807, 2.05) is 0 Å². The van der Waals surface area contributed by atoms with Crippen LogP contribution in [-0.2, 0) is 35.1 Å². The Hall–Kier alpha value is -3.55. The summed E-state index contributed by atoms with van der Waals surface area (Å²) in [6.45, 7) is 2.36. The predicted octanol–water partition coefficient (Wildman–Crippen LogP) is 5.83. The van der Waals surface area contributed by atoms with Gasteiger partial charge in [0.25, 0.3) is 0 Å². The minimum Gasteiger partial charge on any atom is -0.298 e. The molecule has 1 radical (unpaired) electrons. The first-order valence-electron chi connectivity index (χ1n) is 10.5. The Morgan fingerprint density at radius 3 is 1.39 bits per heavy atom. The van der Waals surface area contributed by atoms with E-state index in [1.54, 1.807) is 0 Å². The normalized spacial score (nSPS) is 11.1. The van der Waals surface area contributed by atoms with Crippen LogP contribution in [0, 0.1) is 23.3 Å². The third-order valence-electron chi connectivity index (χ3n) is 5.85. The molecule has 0 aliphatic rings. The monoisotopic (exact) mass is 671 g/mol. The van der Waals surface area contributed by atoms with E-state index < -0.39 is 40.3 Å². The van der Waals surface area contributed by atoms with Gasteiger partial charge in [0.15, 0.2) is 11.6 Å². The number of hydrogen-bond donors (Lipinski definition) is 0. The van der Waals surface area contributed by atoms with Gasteiger partial charge in [-0.15, -0.1) is 0 Å². The number of hydrogen-bond acceptors (Lipinski definition) is 4.